The van der Waals surface area contributed by atoms with Crippen molar-refractivity contribution < 1.29 is 22.7 Å². The summed E-state index contributed by atoms with van der Waals surface area (Å²) >= 11 is 0. The van der Waals surface area contributed by atoms with Gasteiger partial charge in [0.1, 0.15) is 11.6 Å². The van der Waals surface area contributed by atoms with E-state index < -0.39 is 17.8 Å². The summed E-state index contributed by atoms with van der Waals surface area (Å²) in [5.41, 5.74) is -0.414. The van der Waals surface area contributed by atoms with Gasteiger partial charge in [-0.25, -0.2) is 9.48 Å². The Bertz CT molecular complexity index is 1010. The number of halogens is 3. The van der Waals surface area contributed by atoms with Gasteiger partial charge in [-0.05, 0) is 30.3 Å². The number of hydrogen-bond donors (Lipinski definition) is 1. The lowest BCUT2D eigenvalue weighted by Gasteiger charge is -2.14. The van der Waals surface area contributed by atoms with Crippen LogP contribution in [0.15, 0.2) is 60.7 Å². The van der Waals surface area contributed by atoms with Crippen LogP contribution in [-0.4, -0.2) is 15.9 Å². The molecule has 0 saturated heterocycles. The highest BCUT2D eigenvalue weighted by molar-refractivity contribution is 5.85. The zero-order valence-corrected chi connectivity index (χ0v) is 16.1. The number of para-hydroxylation sites is 1. The molecule has 29 heavy (non-hydrogen) atoms. The van der Waals surface area contributed by atoms with E-state index in [1.807, 2.05) is 20.8 Å². The topological polar surface area (TPSA) is 56.1 Å². The van der Waals surface area contributed by atoms with E-state index in [4.69, 9.17) is 4.74 Å². The van der Waals surface area contributed by atoms with Crippen molar-refractivity contribution in [2.75, 3.05) is 5.32 Å². The highest BCUT2D eigenvalue weighted by Gasteiger charge is 2.31. The lowest BCUT2D eigenvalue weighted by molar-refractivity contribution is -0.137. The van der Waals surface area contributed by atoms with Crippen molar-refractivity contribution in [2.45, 2.75) is 32.4 Å². The third-order valence-electron chi connectivity index (χ3n) is 4.08. The predicted octanol–water partition coefficient (Wildman–Crippen LogP) is 5.80. The highest BCUT2D eigenvalue weighted by Crippen LogP contribution is 2.32. The number of alkyl halides is 3. The van der Waals surface area contributed by atoms with Gasteiger partial charge in [-0.1, -0.05) is 45.0 Å². The van der Waals surface area contributed by atoms with E-state index in [9.17, 15) is 18.0 Å². The normalized spacial score (nSPS) is 11.9. The summed E-state index contributed by atoms with van der Waals surface area (Å²) in [5, 5.41) is 6.98. The van der Waals surface area contributed by atoms with E-state index in [-0.39, 0.29) is 16.9 Å². The number of aromatic nitrogens is 2. The minimum absolute atomic E-state index is 0.172. The molecule has 0 radical (unpaired) electrons. The zero-order chi connectivity index (χ0) is 21.2. The number of rotatable bonds is 3. The fourth-order valence-electron chi connectivity index (χ4n) is 2.57. The molecule has 8 heteroatoms. The Kier molecular flexibility index (Phi) is 5.37. The van der Waals surface area contributed by atoms with E-state index in [0.29, 0.717) is 11.4 Å². The van der Waals surface area contributed by atoms with Gasteiger partial charge in [-0.3, -0.25) is 5.32 Å². The molecule has 1 aromatic heterocycles. The van der Waals surface area contributed by atoms with Crippen molar-refractivity contribution in [3.05, 3.63) is 71.9 Å². The van der Waals surface area contributed by atoms with Crippen LogP contribution in [0.2, 0.25) is 0 Å². The molecule has 0 aliphatic rings. The highest BCUT2D eigenvalue weighted by atomic mass is 19.4. The van der Waals surface area contributed by atoms with Crippen molar-refractivity contribution >= 4 is 11.9 Å². The van der Waals surface area contributed by atoms with Crippen LogP contribution in [0.25, 0.3) is 5.69 Å². The van der Waals surface area contributed by atoms with Crippen LogP contribution in [0, 0.1) is 0 Å². The summed E-state index contributed by atoms with van der Waals surface area (Å²) in [4.78, 5) is 12.3. The number of carbonyl (C=O) groups is 1. The van der Waals surface area contributed by atoms with Gasteiger partial charge in [0.05, 0.1) is 16.9 Å². The summed E-state index contributed by atoms with van der Waals surface area (Å²) in [5.74, 6) is 0.543. The van der Waals surface area contributed by atoms with Crippen LogP contribution < -0.4 is 10.1 Å². The Hall–Kier alpha value is -3.29. The van der Waals surface area contributed by atoms with E-state index in [1.165, 1.54) is 16.8 Å². The van der Waals surface area contributed by atoms with Crippen LogP contribution in [0.3, 0.4) is 0 Å². The van der Waals surface area contributed by atoms with Gasteiger partial charge in [-0.2, -0.15) is 18.3 Å². The second-order valence-corrected chi connectivity index (χ2v) is 7.45. The first-order valence-corrected chi connectivity index (χ1v) is 8.86. The lowest BCUT2D eigenvalue weighted by atomic mass is 9.92. The summed E-state index contributed by atoms with van der Waals surface area (Å²) in [6, 6.07) is 14.8. The fraction of sp³-hybridized carbons (Fsp3) is 0.238. The van der Waals surface area contributed by atoms with E-state index in [0.717, 1.165) is 12.1 Å². The molecular formula is C21H20F3N3O2. The lowest BCUT2D eigenvalue weighted by Crippen LogP contribution is -2.19. The standard InChI is InChI=1S/C21H20F3N3O2/c1-20(2,3)17-13-18(25-19(28)29-16-10-5-4-6-11-16)27(26-17)15-9-7-8-14(12-15)21(22,23)24/h4-13H,1-3H3,(H,25,28). The SMILES string of the molecule is CC(C)(C)c1cc(NC(=O)Oc2ccccc2)n(-c2cccc(C(F)(F)F)c2)n1. The average Bonchev–Trinajstić information content (AvgIpc) is 3.06. The number of nitrogens with zero attached hydrogens (tertiary/aromatic N) is 2. The second kappa shape index (κ2) is 7.62. The van der Waals surface area contributed by atoms with Gasteiger partial charge in [0.25, 0.3) is 0 Å². The van der Waals surface area contributed by atoms with Crippen LogP contribution in [0.5, 0.6) is 5.75 Å². The molecule has 1 heterocycles. The predicted molar refractivity (Wildman–Crippen MR) is 103 cm³/mol. The van der Waals surface area contributed by atoms with Crippen molar-refractivity contribution in [3.8, 4) is 11.4 Å². The van der Waals surface area contributed by atoms with Crippen molar-refractivity contribution in [3.63, 3.8) is 0 Å². The Balaban J connectivity index is 1.97. The number of carbonyl (C=O) groups excluding carboxylic acids is 1. The molecule has 0 saturated carbocycles. The Morgan fingerprint density at radius 2 is 1.69 bits per heavy atom. The molecule has 0 aliphatic carbocycles. The molecule has 5 nitrogen and oxygen atoms in total. The van der Waals surface area contributed by atoms with E-state index >= 15 is 0 Å². The Morgan fingerprint density at radius 1 is 1.00 bits per heavy atom. The van der Waals surface area contributed by atoms with Gasteiger partial charge in [0, 0.05) is 11.5 Å². The van der Waals surface area contributed by atoms with E-state index in [2.05, 4.69) is 10.4 Å². The minimum atomic E-state index is -4.49. The maximum Gasteiger partial charge on any atom is 0.418 e. The molecule has 2 aromatic carbocycles. The number of ether oxygens (including phenoxy) is 1. The largest absolute Gasteiger partial charge is 0.418 e. The quantitative estimate of drug-likeness (QED) is 0.601. The van der Waals surface area contributed by atoms with Crippen LogP contribution in [0.1, 0.15) is 32.0 Å². The van der Waals surface area contributed by atoms with E-state index in [1.54, 1.807) is 36.4 Å². The molecule has 1 amide bonds. The summed E-state index contributed by atoms with van der Waals surface area (Å²) in [7, 11) is 0. The molecule has 0 aliphatic heterocycles. The molecule has 152 valence electrons. The second-order valence-electron chi connectivity index (χ2n) is 7.45. The summed E-state index contributed by atoms with van der Waals surface area (Å²) in [6.45, 7) is 5.74. The van der Waals surface area contributed by atoms with Gasteiger partial charge < -0.3 is 4.74 Å². The molecule has 1 N–H and O–H groups in total. The Labute approximate surface area is 166 Å². The van der Waals surface area contributed by atoms with Crippen molar-refractivity contribution in [2.24, 2.45) is 0 Å². The zero-order valence-electron chi connectivity index (χ0n) is 16.1. The van der Waals surface area contributed by atoms with Gasteiger partial charge in [0.2, 0.25) is 0 Å². The molecule has 3 rings (SSSR count). The molecule has 0 atom stereocenters. The monoisotopic (exact) mass is 403 g/mol. The summed E-state index contributed by atoms with van der Waals surface area (Å²) < 4.78 is 45.8. The molecule has 0 spiro atoms. The number of amides is 1. The first kappa shape index (κ1) is 20.4. The molecule has 0 unspecified atom stereocenters. The molecule has 0 bridgehead atoms. The van der Waals surface area contributed by atoms with Crippen molar-refractivity contribution in [1.82, 2.24) is 9.78 Å². The maximum absolute atomic E-state index is 13.1. The number of benzene rings is 2. The van der Waals surface area contributed by atoms with Crippen LogP contribution >= 0.6 is 0 Å². The fourth-order valence-corrected chi connectivity index (χ4v) is 2.57. The molecule has 0 fully saturated rings. The average molecular weight is 403 g/mol. The Morgan fingerprint density at radius 3 is 2.31 bits per heavy atom. The first-order chi connectivity index (χ1) is 13.5. The maximum atomic E-state index is 13.1. The smallest absolute Gasteiger partial charge is 0.410 e. The minimum Gasteiger partial charge on any atom is -0.410 e. The van der Waals surface area contributed by atoms with Gasteiger partial charge in [-0.15, -0.1) is 0 Å². The van der Waals surface area contributed by atoms with Gasteiger partial charge in [0.15, 0.2) is 0 Å². The first-order valence-electron chi connectivity index (χ1n) is 8.86. The molecular weight excluding hydrogens is 383 g/mol. The number of hydrogen-bond acceptors (Lipinski definition) is 3. The third kappa shape index (κ3) is 4.96. The number of nitrogens with one attached hydrogen (secondary N) is 1. The summed E-state index contributed by atoms with van der Waals surface area (Å²) in [6.07, 6.45) is -5.26. The van der Waals surface area contributed by atoms with Crippen LogP contribution in [0.4, 0.5) is 23.8 Å². The molecule has 3 aromatic rings. The van der Waals surface area contributed by atoms with Gasteiger partial charge >= 0.3 is 12.3 Å². The van der Waals surface area contributed by atoms with Crippen molar-refractivity contribution in [1.29, 1.82) is 0 Å². The van der Waals surface area contributed by atoms with Crippen LogP contribution in [-0.2, 0) is 11.6 Å². The third-order valence-corrected chi connectivity index (χ3v) is 4.08. The number of anilines is 1.